The van der Waals surface area contributed by atoms with E-state index in [0.29, 0.717) is 18.4 Å². The molecule has 0 unspecified atom stereocenters. The molecule has 0 bridgehead atoms. The smallest absolute Gasteiger partial charge is 0.325 e. The van der Waals surface area contributed by atoms with Crippen LogP contribution in [0.25, 0.3) is 0 Å². The summed E-state index contributed by atoms with van der Waals surface area (Å²) in [6, 6.07) is 10.1. The third-order valence-corrected chi connectivity index (χ3v) is 4.03. The number of carbonyl (C=O) groups is 1. The lowest BCUT2D eigenvalue weighted by Gasteiger charge is -2.16. The zero-order chi connectivity index (χ0) is 16.7. The van der Waals surface area contributed by atoms with Crippen molar-refractivity contribution in [2.75, 3.05) is 5.32 Å². The highest BCUT2D eigenvalue weighted by Gasteiger charge is 2.51. The van der Waals surface area contributed by atoms with Crippen LogP contribution in [-0.4, -0.2) is 5.91 Å². The maximum atomic E-state index is 13.0. The van der Waals surface area contributed by atoms with Crippen LogP contribution in [0.4, 0.5) is 23.2 Å². The molecule has 0 radical (unpaired) electrons. The van der Waals surface area contributed by atoms with Gasteiger partial charge in [-0.2, -0.15) is 13.2 Å². The van der Waals surface area contributed by atoms with E-state index in [4.69, 9.17) is 0 Å². The van der Waals surface area contributed by atoms with Crippen molar-refractivity contribution in [3.63, 3.8) is 0 Å². The van der Waals surface area contributed by atoms with Gasteiger partial charge >= 0.3 is 6.18 Å². The monoisotopic (exact) mass is 323 g/mol. The highest BCUT2D eigenvalue weighted by molar-refractivity contribution is 6.01. The van der Waals surface area contributed by atoms with E-state index in [-0.39, 0.29) is 11.6 Å². The largest absolute Gasteiger partial charge is 0.416 e. The molecule has 6 heteroatoms. The van der Waals surface area contributed by atoms with Gasteiger partial charge in [0.1, 0.15) is 5.82 Å². The normalized spacial score (nSPS) is 16.0. The Labute approximate surface area is 130 Å². The first-order valence-electron chi connectivity index (χ1n) is 7.06. The fourth-order valence-corrected chi connectivity index (χ4v) is 2.56. The molecule has 23 heavy (non-hydrogen) atoms. The number of nitrogens with one attached hydrogen (secondary N) is 1. The van der Waals surface area contributed by atoms with Gasteiger partial charge in [0.2, 0.25) is 5.91 Å². The second kappa shape index (κ2) is 5.37. The summed E-state index contributed by atoms with van der Waals surface area (Å²) in [5.74, 6) is -0.772. The van der Waals surface area contributed by atoms with Crippen molar-refractivity contribution in [2.24, 2.45) is 0 Å². The summed E-state index contributed by atoms with van der Waals surface area (Å²) in [6.45, 7) is 0. The molecule has 1 aliphatic carbocycles. The first-order valence-corrected chi connectivity index (χ1v) is 7.06. The molecule has 1 fully saturated rings. The maximum Gasteiger partial charge on any atom is 0.416 e. The number of anilines is 1. The van der Waals surface area contributed by atoms with E-state index < -0.39 is 23.0 Å². The van der Waals surface area contributed by atoms with Crippen LogP contribution in [0.3, 0.4) is 0 Å². The van der Waals surface area contributed by atoms with Gasteiger partial charge in [-0.15, -0.1) is 0 Å². The first kappa shape index (κ1) is 15.5. The van der Waals surface area contributed by atoms with E-state index >= 15 is 0 Å². The summed E-state index contributed by atoms with van der Waals surface area (Å²) < 4.78 is 51.1. The predicted molar refractivity (Wildman–Crippen MR) is 77.4 cm³/mol. The summed E-state index contributed by atoms with van der Waals surface area (Å²) in [5, 5.41) is 2.54. The minimum Gasteiger partial charge on any atom is -0.325 e. The first-order chi connectivity index (χ1) is 10.8. The average Bonchev–Trinajstić information content (AvgIpc) is 3.29. The molecule has 2 nitrogen and oxygen atoms in total. The van der Waals surface area contributed by atoms with Crippen LogP contribution in [0.5, 0.6) is 0 Å². The summed E-state index contributed by atoms with van der Waals surface area (Å²) in [6.07, 6.45) is -3.29. The average molecular weight is 323 g/mol. The van der Waals surface area contributed by atoms with E-state index in [1.807, 2.05) is 0 Å². The Hall–Kier alpha value is -2.37. The molecule has 1 saturated carbocycles. The van der Waals surface area contributed by atoms with Crippen LogP contribution < -0.4 is 5.32 Å². The number of carbonyl (C=O) groups excluding carboxylic acids is 1. The second-order valence-corrected chi connectivity index (χ2v) is 5.62. The molecule has 0 aliphatic heterocycles. The lowest BCUT2D eigenvalue weighted by atomic mass is 9.95. The Bertz CT molecular complexity index is 733. The Morgan fingerprint density at radius 1 is 1.04 bits per heavy atom. The quantitative estimate of drug-likeness (QED) is 0.827. The summed E-state index contributed by atoms with van der Waals surface area (Å²) in [5.41, 5.74) is -0.828. The summed E-state index contributed by atoms with van der Waals surface area (Å²) in [7, 11) is 0. The number of amides is 1. The van der Waals surface area contributed by atoms with Gasteiger partial charge in [0.25, 0.3) is 0 Å². The molecule has 0 atom stereocenters. The molecule has 2 aromatic rings. The van der Waals surface area contributed by atoms with Crippen LogP contribution >= 0.6 is 0 Å². The van der Waals surface area contributed by atoms with Gasteiger partial charge < -0.3 is 5.32 Å². The van der Waals surface area contributed by atoms with E-state index in [0.717, 1.165) is 12.1 Å². The fourth-order valence-electron chi connectivity index (χ4n) is 2.56. The molecule has 120 valence electrons. The molecule has 1 aliphatic rings. The van der Waals surface area contributed by atoms with Crippen LogP contribution in [0, 0.1) is 5.82 Å². The number of hydrogen-bond acceptors (Lipinski definition) is 1. The third-order valence-electron chi connectivity index (χ3n) is 4.03. The number of halogens is 4. The zero-order valence-corrected chi connectivity index (χ0v) is 12.0. The van der Waals surface area contributed by atoms with Crippen LogP contribution in [0.1, 0.15) is 24.0 Å². The Morgan fingerprint density at radius 2 is 1.70 bits per heavy atom. The Kier molecular flexibility index (Phi) is 3.62. The van der Waals surface area contributed by atoms with Gasteiger partial charge in [-0.25, -0.2) is 4.39 Å². The summed E-state index contributed by atoms with van der Waals surface area (Å²) in [4.78, 5) is 12.5. The zero-order valence-electron chi connectivity index (χ0n) is 12.0. The van der Waals surface area contributed by atoms with Gasteiger partial charge in [-0.1, -0.05) is 18.2 Å². The lowest BCUT2D eigenvalue weighted by molar-refractivity contribution is -0.137. The standard InChI is InChI=1S/C17H13F4NO/c18-13-6-4-11(5-7-13)16(8-9-16)15(23)22-14-3-1-2-12(10-14)17(19,20)21/h1-7,10H,8-9H2,(H,22,23). The van der Waals surface area contributed by atoms with E-state index in [2.05, 4.69) is 5.32 Å². The van der Waals surface area contributed by atoms with Gasteiger partial charge in [0, 0.05) is 5.69 Å². The molecule has 0 heterocycles. The van der Waals surface area contributed by atoms with E-state index in [1.165, 1.54) is 36.4 Å². The number of rotatable bonds is 3. The van der Waals surface area contributed by atoms with Gasteiger partial charge in [0.05, 0.1) is 11.0 Å². The fraction of sp³-hybridized carbons (Fsp3) is 0.235. The number of benzene rings is 2. The third kappa shape index (κ3) is 3.06. The van der Waals surface area contributed by atoms with E-state index in [1.54, 1.807) is 0 Å². The second-order valence-electron chi connectivity index (χ2n) is 5.62. The summed E-state index contributed by atoms with van der Waals surface area (Å²) >= 11 is 0. The van der Waals surface area contributed by atoms with Crippen molar-refractivity contribution < 1.29 is 22.4 Å². The highest BCUT2D eigenvalue weighted by atomic mass is 19.4. The Morgan fingerprint density at radius 3 is 2.26 bits per heavy atom. The molecule has 2 aromatic carbocycles. The van der Waals surface area contributed by atoms with Crippen molar-refractivity contribution in [3.05, 3.63) is 65.5 Å². The molecule has 0 aromatic heterocycles. The minimum absolute atomic E-state index is 0.0956. The molecule has 1 N–H and O–H groups in total. The number of hydrogen-bond donors (Lipinski definition) is 1. The van der Waals surface area contributed by atoms with Crippen molar-refractivity contribution >= 4 is 11.6 Å². The topological polar surface area (TPSA) is 29.1 Å². The Balaban J connectivity index is 1.81. The molecular formula is C17H13F4NO. The van der Waals surface area contributed by atoms with Crippen LogP contribution in [0.15, 0.2) is 48.5 Å². The SMILES string of the molecule is O=C(Nc1cccc(C(F)(F)F)c1)C1(c2ccc(F)cc2)CC1. The minimum atomic E-state index is -4.46. The van der Waals surface area contributed by atoms with Crippen molar-refractivity contribution in [2.45, 2.75) is 24.4 Å². The van der Waals surface area contributed by atoms with Crippen molar-refractivity contribution in [1.29, 1.82) is 0 Å². The molecular weight excluding hydrogens is 310 g/mol. The maximum absolute atomic E-state index is 13.0. The van der Waals surface area contributed by atoms with Gasteiger partial charge in [-0.3, -0.25) is 4.79 Å². The van der Waals surface area contributed by atoms with Crippen molar-refractivity contribution in [3.8, 4) is 0 Å². The molecule has 0 spiro atoms. The predicted octanol–water partition coefficient (Wildman–Crippen LogP) is 4.51. The van der Waals surface area contributed by atoms with Gasteiger partial charge in [0.15, 0.2) is 0 Å². The molecule has 0 saturated heterocycles. The number of alkyl halides is 3. The highest BCUT2D eigenvalue weighted by Crippen LogP contribution is 2.49. The lowest BCUT2D eigenvalue weighted by Crippen LogP contribution is -2.28. The van der Waals surface area contributed by atoms with E-state index in [9.17, 15) is 22.4 Å². The van der Waals surface area contributed by atoms with Gasteiger partial charge in [-0.05, 0) is 48.7 Å². The molecule has 1 amide bonds. The van der Waals surface area contributed by atoms with Crippen LogP contribution in [0.2, 0.25) is 0 Å². The van der Waals surface area contributed by atoms with Crippen LogP contribution in [-0.2, 0) is 16.4 Å². The van der Waals surface area contributed by atoms with Crippen molar-refractivity contribution in [1.82, 2.24) is 0 Å². The molecule has 3 rings (SSSR count).